The molecule has 3 heterocycles. The Labute approximate surface area is 188 Å². The summed E-state index contributed by atoms with van der Waals surface area (Å²) < 4.78 is 10.6. The standard InChI is InChI=1S/C24H32N4O4/c1-3-31-24(30)19-10-13-28(14-11-19)23(29)20-5-4-12-27(15-20)16-21-25-22(26-32-21)18-8-6-17(2)7-9-18/h6-9,19-20H,3-5,10-16H2,1-2H3. The van der Waals surface area contributed by atoms with Crippen molar-refractivity contribution < 1.29 is 18.8 Å². The predicted molar refractivity (Wildman–Crippen MR) is 118 cm³/mol. The Morgan fingerprint density at radius 2 is 1.84 bits per heavy atom. The molecule has 32 heavy (non-hydrogen) atoms. The summed E-state index contributed by atoms with van der Waals surface area (Å²) >= 11 is 0. The molecule has 0 radical (unpaired) electrons. The number of benzene rings is 1. The van der Waals surface area contributed by atoms with Crippen molar-refractivity contribution in [1.82, 2.24) is 19.9 Å². The van der Waals surface area contributed by atoms with Crippen molar-refractivity contribution in [2.45, 2.75) is 46.1 Å². The topological polar surface area (TPSA) is 88.8 Å². The van der Waals surface area contributed by atoms with E-state index in [2.05, 4.69) is 15.0 Å². The number of carbonyl (C=O) groups excluding carboxylic acids is 2. The van der Waals surface area contributed by atoms with Gasteiger partial charge in [0.15, 0.2) is 0 Å². The normalized spacial score (nSPS) is 20.3. The minimum absolute atomic E-state index is 0.0256. The van der Waals surface area contributed by atoms with E-state index >= 15 is 0 Å². The van der Waals surface area contributed by atoms with Crippen LogP contribution in [-0.2, 0) is 20.9 Å². The van der Waals surface area contributed by atoms with Gasteiger partial charge in [-0.1, -0.05) is 35.0 Å². The lowest BCUT2D eigenvalue weighted by molar-refractivity contribution is -0.152. The van der Waals surface area contributed by atoms with Crippen molar-refractivity contribution in [3.05, 3.63) is 35.7 Å². The fourth-order valence-electron chi connectivity index (χ4n) is 4.58. The van der Waals surface area contributed by atoms with Crippen molar-refractivity contribution in [1.29, 1.82) is 0 Å². The van der Waals surface area contributed by atoms with Crippen molar-refractivity contribution in [3.63, 3.8) is 0 Å². The smallest absolute Gasteiger partial charge is 0.309 e. The fraction of sp³-hybridized carbons (Fsp3) is 0.583. The van der Waals surface area contributed by atoms with E-state index in [1.54, 1.807) is 0 Å². The first-order valence-electron chi connectivity index (χ1n) is 11.6. The van der Waals surface area contributed by atoms with Crippen LogP contribution in [0.25, 0.3) is 11.4 Å². The molecule has 1 atom stereocenters. The van der Waals surface area contributed by atoms with Gasteiger partial charge in [0.05, 0.1) is 25.0 Å². The van der Waals surface area contributed by atoms with Gasteiger partial charge in [-0.2, -0.15) is 4.98 Å². The second-order valence-electron chi connectivity index (χ2n) is 8.80. The highest BCUT2D eigenvalue weighted by molar-refractivity contribution is 5.80. The number of rotatable bonds is 6. The number of amides is 1. The van der Waals surface area contributed by atoms with E-state index in [-0.39, 0.29) is 23.7 Å². The van der Waals surface area contributed by atoms with E-state index in [1.807, 2.05) is 43.0 Å². The average molecular weight is 441 g/mol. The van der Waals surface area contributed by atoms with Crippen LogP contribution in [0.5, 0.6) is 0 Å². The maximum atomic E-state index is 13.1. The van der Waals surface area contributed by atoms with Crippen LogP contribution >= 0.6 is 0 Å². The molecule has 172 valence electrons. The van der Waals surface area contributed by atoms with Crippen molar-refractivity contribution in [2.75, 3.05) is 32.8 Å². The van der Waals surface area contributed by atoms with Crippen LogP contribution in [0.15, 0.2) is 28.8 Å². The summed E-state index contributed by atoms with van der Waals surface area (Å²) in [5, 5.41) is 4.12. The molecule has 1 unspecified atom stereocenters. The summed E-state index contributed by atoms with van der Waals surface area (Å²) in [6.45, 7) is 7.68. The molecule has 4 rings (SSSR count). The zero-order chi connectivity index (χ0) is 22.5. The second kappa shape index (κ2) is 10.3. The average Bonchev–Trinajstić information content (AvgIpc) is 3.28. The molecular formula is C24H32N4O4. The van der Waals surface area contributed by atoms with E-state index in [9.17, 15) is 9.59 Å². The summed E-state index contributed by atoms with van der Waals surface area (Å²) in [7, 11) is 0. The molecule has 8 heteroatoms. The summed E-state index contributed by atoms with van der Waals surface area (Å²) in [5.74, 6) is 1.12. The van der Waals surface area contributed by atoms with E-state index in [0.29, 0.717) is 57.3 Å². The van der Waals surface area contributed by atoms with Crippen LogP contribution in [0, 0.1) is 18.8 Å². The lowest BCUT2D eigenvalue weighted by atomic mass is 9.93. The molecule has 0 N–H and O–H groups in total. The molecule has 2 aliphatic heterocycles. The number of aromatic nitrogens is 2. The van der Waals surface area contributed by atoms with E-state index in [0.717, 1.165) is 24.9 Å². The predicted octanol–water partition coefficient (Wildman–Crippen LogP) is 3.06. The number of likely N-dealkylation sites (tertiary alicyclic amines) is 2. The van der Waals surface area contributed by atoms with Crippen LogP contribution in [0.2, 0.25) is 0 Å². The molecule has 1 aromatic carbocycles. The van der Waals surface area contributed by atoms with Crippen LogP contribution in [0.4, 0.5) is 0 Å². The van der Waals surface area contributed by atoms with Gasteiger partial charge >= 0.3 is 5.97 Å². The Morgan fingerprint density at radius 3 is 2.56 bits per heavy atom. The number of carbonyl (C=O) groups is 2. The van der Waals surface area contributed by atoms with Crippen LogP contribution in [-0.4, -0.2) is 64.6 Å². The van der Waals surface area contributed by atoms with Gasteiger partial charge in [-0.25, -0.2) is 0 Å². The number of piperidine rings is 2. The lowest BCUT2D eigenvalue weighted by Gasteiger charge is -2.37. The number of aryl methyl sites for hydroxylation is 1. The quantitative estimate of drug-likeness (QED) is 0.638. The molecule has 8 nitrogen and oxygen atoms in total. The first kappa shape index (κ1) is 22.5. The Hall–Kier alpha value is -2.74. The number of ether oxygens (including phenoxy) is 1. The summed E-state index contributed by atoms with van der Waals surface area (Å²) in [6, 6.07) is 8.04. The zero-order valence-corrected chi connectivity index (χ0v) is 19.0. The third-order valence-electron chi connectivity index (χ3n) is 6.42. The first-order chi connectivity index (χ1) is 15.5. The molecule has 1 aromatic heterocycles. The highest BCUT2D eigenvalue weighted by Gasteiger charge is 2.33. The van der Waals surface area contributed by atoms with Gasteiger partial charge in [-0.3, -0.25) is 14.5 Å². The summed E-state index contributed by atoms with van der Waals surface area (Å²) in [6.07, 6.45) is 3.23. The Bertz CT molecular complexity index is 918. The highest BCUT2D eigenvalue weighted by atomic mass is 16.5. The van der Waals surface area contributed by atoms with Crippen LogP contribution in [0.1, 0.15) is 44.1 Å². The molecule has 0 bridgehead atoms. The van der Waals surface area contributed by atoms with Crippen molar-refractivity contribution >= 4 is 11.9 Å². The Balaban J connectivity index is 1.30. The second-order valence-corrected chi connectivity index (χ2v) is 8.80. The minimum atomic E-state index is -0.131. The van der Waals surface area contributed by atoms with Gasteiger partial charge in [0.2, 0.25) is 17.6 Å². The first-order valence-corrected chi connectivity index (χ1v) is 11.6. The maximum absolute atomic E-state index is 13.1. The maximum Gasteiger partial charge on any atom is 0.309 e. The van der Waals surface area contributed by atoms with E-state index in [4.69, 9.17) is 9.26 Å². The van der Waals surface area contributed by atoms with Gasteiger partial charge < -0.3 is 14.2 Å². The highest BCUT2D eigenvalue weighted by Crippen LogP contribution is 2.25. The van der Waals surface area contributed by atoms with E-state index < -0.39 is 0 Å². The molecule has 2 fully saturated rings. The molecule has 0 spiro atoms. The monoisotopic (exact) mass is 440 g/mol. The summed E-state index contributed by atoms with van der Waals surface area (Å²) in [5.41, 5.74) is 2.12. The van der Waals surface area contributed by atoms with Gasteiger partial charge in [-0.05, 0) is 46.1 Å². The molecule has 2 aliphatic rings. The molecular weight excluding hydrogens is 408 g/mol. The minimum Gasteiger partial charge on any atom is -0.466 e. The fourth-order valence-corrected chi connectivity index (χ4v) is 4.58. The Morgan fingerprint density at radius 1 is 1.09 bits per heavy atom. The molecule has 1 amide bonds. The Kier molecular flexibility index (Phi) is 7.19. The summed E-state index contributed by atoms with van der Waals surface area (Å²) in [4.78, 5) is 33.7. The van der Waals surface area contributed by atoms with Crippen LogP contribution in [0.3, 0.4) is 0 Å². The SMILES string of the molecule is CCOC(=O)C1CCN(C(=O)C2CCCN(Cc3nc(-c4ccc(C)cc4)no3)C2)CC1. The molecule has 2 aromatic rings. The number of nitrogens with zero attached hydrogens (tertiary/aromatic N) is 4. The van der Waals surface area contributed by atoms with Gasteiger partial charge in [0.25, 0.3) is 0 Å². The zero-order valence-electron chi connectivity index (χ0n) is 19.0. The molecule has 0 aliphatic carbocycles. The molecule has 2 saturated heterocycles. The van der Waals surface area contributed by atoms with Gasteiger partial charge in [0.1, 0.15) is 0 Å². The lowest BCUT2D eigenvalue weighted by Crippen LogP contribution is -2.47. The largest absolute Gasteiger partial charge is 0.466 e. The third-order valence-corrected chi connectivity index (χ3v) is 6.42. The number of hydrogen-bond acceptors (Lipinski definition) is 7. The number of hydrogen-bond donors (Lipinski definition) is 0. The van der Waals surface area contributed by atoms with Crippen molar-refractivity contribution in [2.24, 2.45) is 11.8 Å². The van der Waals surface area contributed by atoms with Crippen molar-refractivity contribution in [3.8, 4) is 11.4 Å². The van der Waals surface area contributed by atoms with Crippen LogP contribution < -0.4 is 0 Å². The van der Waals surface area contributed by atoms with Gasteiger partial charge in [0, 0.05) is 25.2 Å². The van der Waals surface area contributed by atoms with E-state index in [1.165, 1.54) is 5.56 Å². The van der Waals surface area contributed by atoms with Gasteiger partial charge in [-0.15, -0.1) is 0 Å². The third kappa shape index (κ3) is 5.35. The molecule has 0 saturated carbocycles. The number of esters is 1.